The van der Waals surface area contributed by atoms with E-state index in [1.165, 1.54) is 17.3 Å². The molecule has 1 amide bonds. The Balaban J connectivity index is 1.75. The van der Waals surface area contributed by atoms with E-state index in [1.54, 1.807) is 9.47 Å². The second-order valence-electron chi connectivity index (χ2n) is 9.33. The second kappa shape index (κ2) is 12.1. The largest absolute Gasteiger partial charge is 0.355 e. The Morgan fingerprint density at radius 2 is 1.81 bits per heavy atom. The van der Waals surface area contributed by atoms with Gasteiger partial charge in [-0.1, -0.05) is 67.7 Å². The summed E-state index contributed by atoms with van der Waals surface area (Å²) >= 11 is 6.70. The van der Waals surface area contributed by atoms with Crippen LogP contribution in [-0.2, 0) is 17.9 Å². The molecule has 0 N–H and O–H groups in total. The number of thioether (sulfide) groups is 1. The molecule has 7 nitrogen and oxygen atoms in total. The molecule has 2 saturated heterocycles. The molecule has 0 bridgehead atoms. The zero-order valence-electron chi connectivity index (χ0n) is 21.7. The fourth-order valence-electron chi connectivity index (χ4n) is 4.87. The lowest BCUT2D eigenvalue weighted by atomic mass is 10.0. The summed E-state index contributed by atoms with van der Waals surface area (Å²) in [7, 11) is 0. The van der Waals surface area contributed by atoms with Crippen molar-refractivity contribution in [3.8, 4) is 6.07 Å². The Morgan fingerprint density at radius 1 is 1.11 bits per heavy atom. The molecule has 0 spiro atoms. The highest BCUT2D eigenvalue weighted by molar-refractivity contribution is 8.26. The van der Waals surface area contributed by atoms with Gasteiger partial charge in [0.05, 0.1) is 4.91 Å². The van der Waals surface area contributed by atoms with E-state index in [1.807, 2.05) is 26.0 Å². The number of hydrogen-bond donors (Lipinski definition) is 0. The second-order valence-corrected chi connectivity index (χ2v) is 11.0. The van der Waals surface area contributed by atoms with E-state index in [0.29, 0.717) is 27.9 Å². The average Bonchev–Trinajstić information content (AvgIpc) is 3.18. The quantitative estimate of drug-likeness (QED) is 0.367. The first kappa shape index (κ1) is 27.1. The molecular formula is C28H33N5O2S2. The number of hydrogen-bond acceptors (Lipinski definition) is 7. The number of thiocarbonyl (C=S) groups is 1. The minimum absolute atomic E-state index is 0.125. The van der Waals surface area contributed by atoms with E-state index in [9.17, 15) is 14.9 Å². The maximum Gasteiger partial charge on any atom is 0.270 e. The minimum Gasteiger partial charge on any atom is -0.355 e. The third kappa shape index (κ3) is 5.66. The van der Waals surface area contributed by atoms with Gasteiger partial charge in [-0.25, -0.2) is 0 Å². The molecule has 2 aliphatic rings. The van der Waals surface area contributed by atoms with Crippen molar-refractivity contribution in [1.29, 1.82) is 5.26 Å². The zero-order chi connectivity index (χ0) is 26.5. The number of benzene rings is 1. The maximum atomic E-state index is 13.5. The molecule has 0 aliphatic carbocycles. The number of nitriles is 1. The summed E-state index contributed by atoms with van der Waals surface area (Å²) in [5.41, 5.74) is 2.54. The Bertz CT molecular complexity index is 1300. The van der Waals surface area contributed by atoms with Crippen molar-refractivity contribution in [3.63, 3.8) is 0 Å². The lowest BCUT2D eigenvalue weighted by Crippen LogP contribution is -2.48. The summed E-state index contributed by atoms with van der Waals surface area (Å²) in [6.45, 7) is 10.9. The molecule has 1 aromatic carbocycles. The van der Waals surface area contributed by atoms with Gasteiger partial charge in [-0.3, -0.25) is 24.0 Å². The fourth-order valence-corrected chi connectivity index (χ4v) is 6.24. The van der Waals surface area contributed by atoms with Gasteiger partial charge < -0.3 is 4.90 Å². The van der Waals surface area contributed by atoms with Crippen molar-refractivity contribution in [2.75, 3.05) is 37.6 Å². The number of pyridine rings is 1. The Labute approximate surface area is 228 Å². The number of nitrogens with zero attached hydrogens (tertiary/aromatic N) is 5. The smallest absolute Gasteiger partial charge is 0.270 e. The molecule has 0 radical (unpaired) electrons. The highest BCUT2D eigenvalue weighted by atomic mass is 32.2. The molecule has 9 heteroatoms. The van der Waals surface area contributed by atoms with Gasteiger partial charge in [-0.15, -0.1) is 0 Å². The summed E-state index contributed by atoms with van der Waals surface area (Å²) in [6, 6.07) is 12.6. The number of likely N-dealkylation sites (N-methyl/N-ethyl adjacent to an activating group) is 1. The lowest BCUT2D eigenvalue weighted by molar-refractivity contribution is -0.121. The van der Waals surface area contributed by atoms with Crippen molar-refractivity contribution >= 4 is 46.1 Å². The molecule has 2 aromatic rings. The van der Waals surface area contributed by atoms with Crippen molar-refractivity contribution < 1.29 is 4.79 Å². The summed E-state index contributed by atoms with van der Waals surface area (Å²) in [5.74, 6) is 0.677. The van der Waals surface area contributed by atoms with Crippen molar-refractivity contribution in [2.24, 2.45) is 0 Å². The molecule has 0 saturated carbocycles. The standard InChI is InChI=1S/C28H33N5O2S2/c1-4-6-12-33-25(31-15-13-30(14-16-31)19-21-10-8-7-9-11-21)22(20(3)23(18-29)26(33)34)17-24-27(35)32(5-2)28(36)37-24/h7-11,17H,4-6,12-16,19H2,1-3H3/b24-17-. The van der Waals surface area contributed by atoms with E-state index in [0.717, 1.165) is 56.9 Å². The van der Waals surface area contributed by atoms with E-state index >= 15 is 0 Å². The van der Waals surface area contributed by atoms with Gasteiger partial charge >= 0.3 is 0 Å². The van der Waals surface area contributed by atoms with Crippen LogP contribution >= 0.6 is 24.0 Å². The Hall–Kier alpha value is -2.93. The van der Waals surface area contributed by atoms with Gasteiger partial charge in [-0.2, -0.15) is 5.26 Å². The summed E-state index contributed by atoms with van der Waals surface area (Å²) in [5, 5.41) is 9.88. The molecular weight excluding hydrogens is 502 g/mol. The predicted molar refractivity (Wildman–Crippen MR) is 155 cm³/mol. The normalized spacial score (nSPS) is 17.6. The fraction of sp³-hybridized carbons (Fsp3) is 0.429. The van der Waals surface area contributed by atoms with Crippen LogP contribution in [0.2, 0.25) is 0 Å². The average molecular weight is 536 g/mol. The first-order valence-corrected chi connectivity index (χ1v) is 14.1. The predicted octanol–water partition coefficient (Wildman–Crippen LogP) is 4.37. The molecule has 2 fully saturated rings. The van der Waals surface area contributed by atoms with Crippen molar-refractivity contribution in [3.05, 3.63) is 67.8 Å². The summed E-state index contributed by atoms with van der Waals surface area (Å²) in [6.07, 6.45) is 3.60. The topological polar surface area (TPSA) is 72.6 Å². The van der Waals surface area contributed by atoms with Gasteiger partial charge in [0.1, 0.15) is 21.8 Å². The van der Waals surface area contributed by atoms with E-state index in [4.69, 9.17) is 12.2 Å². The summed E-state index contributed by atoms with van der Waals surface area (Å²) < 4.78 is 2.29. The van der Waals surface area contributed by atoms with Crippen molar-refractivity contribution in [1.82, 2.24) is 14.4 Å². The van der Waals surface area contributed by atoms with Gasteiger partial charge in [0.2, 0.25) is 0 Å². The zero-order valence-corrected chi connectivity index (χ0v) is 23.3. The van der Waals surface area contributed by atoms with E-state index < -0.39 is 0 Å². The molecule has 0 atom stereocenters. The van der Waals surface area contributed by atoms with Crippen molar-refractivity contribution in [2.45, 2.75) is 46.7 Å². The molecule has 4 rings (SSSR count). The highest BCUT2D eigenvalue weighted by Crippen LogP contribution is 2.36. The van der Waals surface area contributed by atoms with Crippen LogP contribution in [0.15, 0.2) is 40.0 Å². The Morgan fingerprint density at radius 3 is 2.41 bits per heavy atom. The monoisotopic (exact) mass is 535 g/mol. The van der Waals surface area contributed by atoms with Gasteiger partial charge in [0.15, 0.2) is 0 Å². The first-order chi connectivity index (χ1) is 17.9. The number of unbranched alkanes of at least 4 members (excludes halogenated alkanes) is 1. The van der Waals surface area contributed by atoms with Gasteiger partial charge in [0, 0.05) is 51.4 Å². The summed E-state index contributed by atoms with van der Waals surface area (Å²) in [4.78, 5) is 33.3. The van der Waals surface area contributed by atoms with Crippen LogP contribution in [0.5, 0.6) is 0 Å². The molecule has 1 aromatic heterocycles. The van der Waals surface area contributed by atoms with Gasteiger partial charge in [-0.05, 0) is 37.5 Å². The SMILES string of the molecule is CCCCn1c(N2CCN(Cc3ccccc3)CC2)c(/C=C2\SC(=S)N(CC)C2=O)c(C)c(C#N)c1=O. The molecule has 2 aliphatic heterocycles. The van der Waals surface area contributed by atoms with Crippen LogP contribution in [0.4, 0.5) is 5.82 Å². The first-order valence-electron chi connectivity index (χ1n) is 12.8. The van der Waals surface area contributed by atoms with Crippen LogP contribution < -0.4 is 10.5 Å². The van der Waals surface area contributed by atoms with Gasteiger partial charge in [0.25, 0.3) is 11.5 Å². The number of amides is 1. The van der Waals surface area contributed by atoms with Crippen LogP contribution in [0.3, 0.4) is 0 Å². The third-order valence-corrected chi connectivity index (χ3v) is 8.35. The van der Waals surface area contributed by atoms with Crippen LogP contribution in [0.1, 0.15) is 48.9 Å². The Kier molecular flexibility index (Phi) is 8.85. The number of anilines is 1. The molecule has 0 unspecified atom stereocenters. The lowest BCUT2D eigenvalue weighted by Gasteiger charge is -2.38. The molecule has 3 heterocycles. The number of piperazine rings is 1. The molecule has 37 heavy (non-hydrogen) atoms. The molecule has 194 valence electrons. The maximum absolute atomic E-state index is 13.5. The van der Waals surface area contributed by atoms with E-state index in [-0.39, 0.29) is 17.0 Å². The van der Waals surface area contributed by atoms with Crippen LogP contribution in [0, 0.1) is 18.3 Å². The number of carbonyl (C=O) groups is 1. The minimum atomic E-state index is -0.256. The number of aromatic nitrogens is 1. The van der Waals surface area contributed by atoms with Crippen LogP contribution in [-0.4, -0.2) is 57.3 Å². The number of carbonyl (C=O) groups excluding carboxylic acids is 1. The highest BCUT2D eigenvalue weighted by Gasteiger charge is 2.32. The van der Waals surface area contributed by atoms with E-state index in [2.05, 4.69) is 47.1 Å². The third-order valence-electron chi connectivity index (χ3n) is 6.97. The van der Waals surface area contributed by atoms with Crippen LogP contribution in [0.25, 0.3) is 6.08 Å². The number of rotatable bonds is 8.